The summed E-state index contributed by atoms with van der Waals surface area (Å²) in [5, 5.41) is 12.6. The molecular weight excluding hydrogens is 367 g/mol. The zero-order valence-electron chi connectivity index (χ0n) is 14.9. The number of halogens is 3. The lowest BCUT2D eigenvalue weighted by Gasteiger charge is -2.09. The van der Waals surface area contributed by atoms with E-state index in [2.05, 4.69) is 5.32 Å². The van der Waals surface area contributed by atoms with Gasteiger partial charge in [0.25, 0.3) is 5.91 Å². The maximum absolute atomic E-state index is 12.8. The molecule has 1 aromatic heterocycles. The number of alkyl halides is 3. The van der Waals surface area contributed by atoms with Gasteiger partial charge in [-0.3, -0.25) is 4.79 Å². The number of benzene rings is 2. The van der Waals surface area contributed by atoms with Crippen LogP contribution in [0.2, 0.25) is 0 Å². The number of hydrogen-bond acceptors (Lipinski definition) is 2. The summed E-state index contributed by atoms with van der Waals surface area (Å²) in [6, 6.07) is 13.7. The van der Waals surface area contributed by atoms with Crippen molar-refractivity contribution in [2.45, 2.75) is 19.6 Å². The van der Waals surface area contributed by atoms with Crippen molar-refractivity contribution >= 4 is 28.6 Å². The van der Waals surface area contributed by atoms with Crippen LogP contribution in [-0.2, 0) is 17.5 Å². The Morgan fingerprint density at radius 3 is 2.64 bits per heavy atom. The maximum Gasteiger partial charge on any atom is 0.416 e. The van der Waals surface area contributed by atoms with Gasteiger partial charge in [0.1, 0.15) is 11.6 Å². The molecule has 0 unspecified atom stereocenters. The van der Waals surface area contributed by atoms with Crippen LogP contribution in [0, 0.1) is 11.3 Å². The first kappa shape index (κ1) is 19.2. The molecule has 0 bridgehead atoms. The second-order valence-electron chi connectivity index (χ2n) is 6.09. The molecule has 0 aliphatic rings. The molecule has 0 saturated carbocycles. The van der Waals surface area contributed by atoms with Crippen LogP contribution >= 0.6 is 0 Å². The minimum absolute atomic E-state index is 0.0306. The summed E-state index contributed by atoms with van der Waals surface area (Å²) in [5.74, 6) is -0.768. The predicted molar refractivity (Wildman–Crippen MR) is 101 cm³/mol. The highest BCUT2D eigenvalue weighted by molar-refractivity contribution is 6.10. The number of nitriles is 1. The topological polar surface area (TPSA) is 57.8 Å². The van der Waals surface area contributed by atoms with Gasteiger partial charge in [0.15, 0.2) is 0 Å². The van der Waals surface area contributed by atoms with Gasteiger partial charge in [-0.2, -0.15) is 18.4 Å². The molecule has 1 N–H and O–H groups in total. The molecule has 28 heavy (non-hydrogen) atoms. The van der Waals surface area contributed by atoms with Gasteiger partial charge in [0.05, 0.1) is 5.56 Å². The maximum atomic E-state index is 12.8. The number of aryl methyl sites for hydroxylation is 1. The molecule has 2 aromatic carbocycles. The van der Waals surface area contributed by atoms with E-state index in [0.29, 0.717) is 12.1 Å². The third kappa shape index (κ3) is 3.91. The molecular formula is C21H16F3N3O. The largest absolute Gasteiger partial charge is 0.416 e. The highest BCUT2D eigenvalue weighted by atomic mass is 19.4. The normalized spacial score (nSPS) is 12.0. The number of amides is 1. The fourth-order valence-electron chi connectivity index (χ4n) is 2.93. The van der Waals surface area contributed by atoms with Crippen LogP contribution in [-0.4, -0.2) is 10.5 Å². The molecule has 3 rings (SSSR count). The van der Waals surface area contributed by atoms with Gasteiger partial charge >= 0.3 is 6.18 Å². The van der Waals surface area contributed by atoms with E-state index >= 15 is 0 Å². The number of carbonyl (C=O) groups excluding carboxylic acids is 1. The Morgan fingerprint density at radius 1 is 1.21 bits per heavy atom. The summed E-state index contributed by atoms with van der Waals surface area (Å²) in [5.41, 5.74) is 0.548. The van der Waals surface area contributed by atoms with Crippen LogP contribution in [0.15, 0.2) is 60.3 Å². The lowest BCUT2D eigenvalue weighted by molar-refractivity contribution is -0.137. The van der Waals surface area contributed by atoms with Gasteiger partial charge in [-0.05, 0) is 37.3 Å². The Bertz CT molecular complexity index is 1100. The average Bonchev–Trinajstić information content (AvgIpc) is 3.03. The smallest absolute Gasteiger partial charge is 0.347 e. The van der Waals surface area contributed by atoms with Crippen LogP contribution in [0.25, 0.3) is 17.0 Å². The van der Waals surface area contributed by atoms with Gasteiger partial charge in [0, 0.05) is 34.9 Å². The molecule has 0 radical (unpaired) electrons. The second kappa shape index (κ2) is 7.61. The second-order valence-corrected chi connectivity index (χ2v) is 6.09. The molecule has 0 spiro atoms. The average molecular weight is 383 g/mol. The quantitative estimate of drug-likeness (QED) is 0.496. The lowest BCUT2D eigenvalue weighted by atomic mass is 10.1. The van der Waals surface area contributed by atoms with E-state index in [1.54, 1.807) is 0 Å². The first-order chi connectivity index (χ1) is 13.3. The summed E-state index contributed by atoms with van der Waals surface area (Å²) in [4.78, 5) is 12.4. The van der Waals surface area contributed by atoms with E-state index in [4.69, 9.17) is 0 Å². The van der Waals surface area contributed by atoms with Crippen LogP contribution in [0.4, 0.5) is 18.9 Å². The summed E-state index contributed by atoms with van der Waals surface area (Å²) in [6.07, 6.45) is -1.24. The standard InChI is InChI=1S/C21H16F3N3O/c1-2-27-13-15(18-8-3-4-9-19(18)27)10-14(12-25)20(28)26-17-7-5-6-16(11-17)21(22,23)24/h3-11,13H,2H2,1H3,(H,26,28)/b14-10-. The van der Waals surface area contributed by atoms with Gasteiger partial charge < -0.3 is 9.88 Å². The molecule has 0 fully saturated rings. The number of nitrogens with one attached hydrogen (secondary N) is 1. The van der Waals surface area contributed by atoms with Crippen molar-refractivity contribution in [1.82, 2.24) is 4.57 Å². The van der Waals surface area contributed by atoms with Crippen molar-refractivity contribution in [1.29, 1.82) is 5.26 Å². The zero-order valence-corrected chi connectivity index (χ0v) is 14.9. The van der Waals surface area contributed by atoms with E-state index in [-0.39, 0.29) is 11.3 Å². The van der Waals surface area contributed by atoms with Crippen molar-refractivity contribution in [3.8, 4) is 6.07 Å². The summed E-state index contributed by atoms with van der Waals surface area (Å²) < 4.78 is 40.5. The third-order valence-electron chi connectivity index (χ3n) is 4.27. The van der Waals surface area contributed by atoms with Crippen LogP contribution in [0.5, 0.6) is 0 Å². The van der Waals surface area contributed by atoms with E-state index in [1.165, 1.54) is 18.2 Å². The molecule has 0 aliphatic heterocycles. The molecule has 0 aliphatic carbocycles. The zero-order chi connectivity index (χ0) is 20.3. The van der Waals surface area contributed by atoms with Crippen LogP contribution < -0.4 is 5.32 Å². The van der Waals surface area contributed by atoms with E-state index in [9.17, 15) is 23.2 Å². The SMILES string of the molecule is CCn1cc(/C=C(/C#N)C(=O)Nc2cccc(C(F)(F)F)c2)c2ccccc21. The van der Waals surface area contributed by atoms with Crippen molar-refractivity contribution in [2.24, 2.45) is 0 Å². The molecule has 1 heterocycles. The number of aromatic nitrogens is 1. The molecule has 0 saturated heterocycles. The van der Waals surface area contributed by atoms with Crippen molar-refractivity contribution in [3.63, 3.8) is 0 Å². The van der Waals surface area contributed by atoms with E-state index in [1.807, 2.05) is 48.0 Å². The minimum Gasteiger partial charge on any atom is -0.347 e. The first-order valence-corrected chi connectivity index (χ1v) is 8.51. The Kier molecular flexibility index (Phi) is 5.23. The molecule has 0 atom stereocenters. The Hall–Kier alpha value is -3.53. The van der Waals surface area contributed by atoms with Gasteiger partial charge in [-0.25, -0.2) is 0 Å². The summed E-state index contributed by atoms with van der Waals surface area (Å²) in [7, 11) is 0. The fraction of sp³-hybridized carbons (Fsp3) is 0.143. The highest BCUT2D eigenvalue weighted by Crippen LogP contribution is 2.31. The Labute approximate surface area is 159 Å². The molecule has 3 aromatic rings. The van der Waals surface area contributed by atoms with E-state index in [0.717, 1.165) is 23.0 Å². The van der Waals surface area contributed by atoms with Gasteiger partial charge in [0.2, 0.25) is 0 Å². The molecule has 4 nitrogen and oxygen atoms in total. The molecule has 7 heteroatoms. The van der Waals surface area contributed by atoms with Gasteiger partial charge in [-0.15, -0.1) is 0 Å². The number of carbonyl (C=O) groups is 1. The fourth-order valence-corrected chi connectivity index (χ4v) is 2.93. The number of rotatable bonds is 4. The lowest BCUT2D eigenvalue weighted by Crippen LogP contribution is -2.14. The van der Waals surface area contributed by atoms with Crippen molar-refractivity contribution in [3.05, 3.63) is 71.4 Å². The molecule has 1 amide bonds. The first-order valence-electron chi connectivity index (χ1n) is 8.51. The van der Waals surface area contributed by atoms with E-state index < -0.39 is 17.6 Å². The van der Waals surface area contributed by atoms with Gasteiger partial charge in [-0.1, -0.05) is 24.3 Å². The summed E-state index contributed by atoms with van der Waals surface area (Å²) in [6.45, 7) is 2.69. The Balaban J connectivity index is 1.92. The number of anilines is 1. The number of nitrogens with zero attached hydrogens (tertiary/aromatic N) is 2. The summed E-state index contributed by atoms with van der Waals surface area (Å²) >= 11 is 0. The third-order valence-corrected chi connectivity index (χ3v) is 4.27. The minimum atomic E-state index is -4.52. The van der Waals surface area contributed by atoms with Crippen LogP contribution in [0.1, 0.15) is 18.1 Å². The Morgan fingerprint density at radius 2 is 1.96 bits per heavy atom. The number of para-hydroxylation sites is 1. The highest BCUT2D eigenvalue weighted by Gasteiger charge is 2.30. The van der Waals surface area contributed by atoms with Crippen molar-refractivity contribution < 1.29 is 18.0 Å². The number of hydrogen-bond donors (Lipinski definition) is 1. The van der Waals surface area contributed by atoms with Crippen molar-refractivity contribution in [2.75, 3.05) is 5.32 Å². The number of fused-ring (bicyclic) bond motifs is 1. The van der Waals surface area contributed by atoms with Crippen LogP contribution in [0.3, 0.4) is 0 Å². The monoisotopic (exact) mass is 383 g/mol. The predicted octanol–water partition coefficient (Wildman–Crippen LogP) is 5.23. The molecule has 142 valence electrons.